The monoisotopic (exact) mass is 305 g/mol. The van der Waals surface area contributed by atoms with E-state index in [9.17, 15) is 13.2 Å². The smallest absolute Gasteiger partial charge is 0.422 e. The summed E-state index contributed by atoms with van der Waals surface area (Å²) in [5.41, 5.74) is 5.92. The molecule has 1 heterocycles. The number of nitrogens with one attached hydrogen (secondary N) is 1. The van der Waals surface area contributed by atoms with Crippen molar-refractivity contribution in [3.05, 3.63) is 0 Å². The van der Waals surface area contributed by atoms with Crippen molar-refractivity contribution in [1.29, 1.82) is 0 Å². The van der Waals surface area contributed by atoms with Gasteiger partial charge >= 0.3 is 16.3 Å². The molecule has 1 saturated heterocycles. The van der Waals surface area contributed by atoms with E-state index in [-0.39, 0.29) is 12.1 Å². The van der Waals surface area contributed by atoms with Crippen LogP contribution in [-0.2, 0) is 14.9 Å². The van der Waals surface area contributed by atoms with Crippen LogP contribution in [0.4, 0.5) is 4.79 Å². The third-order valence-corrected chi connectivity index (χ3v) is 5.35. The maximum atomic E-state index is 12.1. The van der Waals surface area contributed by atoms with Gasteiger partial charge in [-0.2, -0.15) is 12.7 Å². The molecule has 1 unspecified atom stereocenters. The van der Waals surface area contributed by atoms with Gasteiger partial charge in [0.2, 0.25) is 0 Å². The van der Waals surface area contributed by atoms with Crippen molar-refractivity contribution in [2.24, 2.45) is 17.6 Å². The third kappa shape index (κ3) is 3.62. The van der Waals surface area contributed by atoms with Crippen LogP contribution < -0.4 is 10.5 Å². The number of amides is 1. The number of hydrogen-bond donors (Lipinski definition) is 2. The molecular formula is C12H23N3O4S. The Bertz CT molecular complexity index is 465. The lowest BCUT2D eigenvalue weighted by Gasteiger charge is -2.28. The molecule has 2 rings (SSSR count). The Hall–Kier alpha value is -0.860. The summed E-state index contributed by atoms with van der Waals surface area (Å²) in [6.45, 7) is 4.22. The summed E-state index contributed by atoms with van der Waals surface area (Å²) in [6.07, 6.45) is 1.47. The first-order valence-corrected chi connectivity index (χ1v) is 8.46. The molecule has 1 amide bonds. The van der Waals surface area contributed by atoms with Crippen LogP contribution in [0.15, 0.2) is 0 Å². The highest BCUT2D eigenvalue weighted by molar-refractivity contribution is 7.87. The molecule has 0 aromatic rings. The summed E-state index contributed by atoms with van der Waals surface area (Å²) < 4.78 is 32.4. The lowest BCUT2D eigenvalue weighted by atomic mass is 9.79. The first-order valence-electron chi connectivity index (χ1n) is 7.02. The fraction of sp³-hybridized carbons (Fsp3) is 0.917. The Morgan fingerprint density at radius 3 is 2.60 bits per heavy atom. The maximum Gasteiger partial charge on any atom is 0.422 e. The summed E-state index contributed by atoms with van der Waals surface area (Å²) in [5, 5.41) is 0. The molecule has 8 heteroatoms. The van der Waals surface area contributed by atoms with E-state index in [1.807, 2.05) is 4.72 Å². The van der Waals surface area contributed by atoms with Crippen LogP contribution in [0.1, 0.15) is 33.1 Å². The van der Waals surface area contributed by atoms with Crippen LogP contribution >= 0.6 is 0 Å². The molecule has 0 radical (unpaired) electrons. The minimum atomic E-state index is -3.81. The van der Waals surface area contributed by atoms with Crippen LogP contribution in [0.5, 0.6) is 0 Å². The molecular weight excluding hydrogens is 282 g/mol. The molecule has 0 aromatic heterocycles. The number of rotatable bonds is 3. The molecule has 2 fully saturated rings. The highest BCUT2D eigenvalue weighted by Gasteiger charge is 2.41. The topological polar surface area (TPSA) is 102 Å². The Kier molecular flexibility index (Phi) is 4.55. The van der Waals surface area contributed by atoms with Gasteiger partial charge in [-0.3, -0.25) is 0 Å². The molecule has 7 nitrogen and oxygen atoms in total. The van der Waals surface area contributed by atoms with Gasteiger partial charge in [0.05, 0.1) is 6.10 Å². The van der Waals surface area contributed by atoms with Gasteiger partial charge in [0, 0.05) is 19.1 Å². The van der Waals surface area contributed by atoms with Gasteiger partial charge in [0.25, 0.3) is 0 Å². The van der Waals surface area contributed by atoms with Crippen molar-refractivity contribution in [2.45, 2.75) is 45.3 Å². The minimum absolute atomic E-state index is 0.165. The van der Waals surface area contributed by atoms with Crippen LogP contribution in [0.3, 0.4) is 0 Å². The molecule has 0 bridgehead atoms. The summed E-state index contributed by atoms with van der Waals surface area (Å²) in [4.78, 5) is 11.4. The Balaban J connectivity index is 1.96. The Morgan fingerprint density at radius 2 is 1.95 bits per heavy atom. The van der Waals surface area contributed by atoms with Gasteiger partial charge in [0.1, 0.15) is 0 Å². The number of carbonyl (C=O) groups excluding carboxylic acids is 1. The van der Waals surface area contributed by atoms with E-state index in [0.717, 1.165) is 19.3 Å². The van der Waals surface area contributed by atoms with Crippen molar-refractivity contribution in [1.82, 2.24) is 9.03 Å². The van der Waals surface area contributed by atoms with Crippen LogP contribution in [-0.4, -0.2) is 44.1 Å². The largest absolute Gasteiger partial charge is 0.446 e. The van der Waals surface area contributed by atoms with Crippen molar-refractivity contribution < 1.29 is 17.9 Å². The molecule has 3 atom stereocenters. The van der Waals surface area contributed by atoms with Crippen molar-refractivity contribution >= 4 is 16.3 Å². The van der Waals surface area contributed by atoms with Gasteiger partial charge in [-0.1, -0.05) is 0 Å². The zero-order valence-electron chi connectivity index (χ0n) is 11.9. The SMILES string of the molecule is CC(C)OC(=O)NS(=O)(=O)N1C[C@H]2CCC(N)C[C@H]2C1. The van der Waals surface area contributed by atoms with E-state index < -0.39 is 16.3 Å². The maximum absolute atomic E-state index is 12.1. The average molecular weight is 305 g/mol. The van der Waals surface area contributed by atoms with E-state index in [4.69, 9.17) is 10.5 Å². The van der Waals surface area contributed by atoms with Crippen molar-refractivity contribution in [3.8, 4) is 0 Å². The van der Waals surface area contributed by atoms with Crippen molar-refractivity contribution in [2.75, 3.05) is 13.1 Å². The summed E-state index contributed by atoms with van der Waals surface area (Å²) >= 11 is 0. The molecule has 1 aliphatic heterocycles. The molecule has 2 aliphatic rings. The number of fused-ring (bicyclic) bond motifs is 1. The first kappa shape index (κ1) is 15.5. The predicted octanol–water partition coefficient (Wildman–Crippen LogP) is 0.425. The van der Waals surface area contributed by atoms with Gasteiger partial charge in [0.15, 0.2) is 0 Å². The molecule has 0 aromatic carbocycles. The zero-order chi connectivity index (χ0) is 14.9. The standard InChI is InChI=1S/C12H23N3O4S/c1-8(2)19-12(16)14-20(17,18)15-6-9-3-4-11(13)5-10(9)7-15/h8-11H,3-7,13H2,1-2H3,(H,14,16)/t9-,10+,11?/m1/s1. The highest BCUT2D eigenvalue weighted by Crippen LogP contribution is 2.36. The van der Waals surface area contributed by atoms with Gasteiger partial charge in [-0.05, 0) is 44.9 Å². The first-order chi connectivity index (χ1) is 9.28. The van der Waals surface area contributed by atoms with Gasteiger partial charge < -0.3 is 10.5 Å². The fourth-order valence-electron chi connectivity index (χ4n) is 3.03. The summed E-state index contributed by atoms with van der Waals surface area (Å²) in [5.74, 6) is 0.656. The number of nitrogens with zero attached hydrogens (tertiary/aromatic N) is 1. The molecule has 0 spiro atoms. The van der Waals surface area contributed by atoms with Crippen LogP contribution in [0.2, 0.25) is 0 Å². The lowest BCUT2D eigenvalue weighted by Crippen LogP contribution is -2.43. The zero-order valence-corrected chi connectivity index (χ0v) is 12.7. The number of carbonyl (C=O) groups is 1. The number of ether oxygens (including phenoxy) is 1. The van der Waals surface area contributed by atoms with E-state index in [2.05, 4.69) is 0 Å². The average Bonchev–Trinajstić information content (AvgIpc) is 2.70. The second-order valence-electron chi connectivity index (χ2n) is 5.97. The third-order valence-electron chi connectivity index (χ3n) is 3.95. The number of nitrogens with two attached hydrogens (primary N) is 1. The molecule has 1 saturated carbocycles. The number of hydrogen-bond acceptors (Lipinski definition) is 5. The molecule has 116 valence electrons. The molecule has 3 N–H and O–H groups in total. The second-order valence-corrected chi connectivity index (χ2v) is 7.64. The summed E-state index contributed by atoms with van der Waals surface area (Å²) in [6, 6.07) is 0.165. The molecule has 1 aliphatic carbocycles. The van der Waals surface area contributed by atoms with Crippen LogP contribution in [0, 0.1) is 11.8 Å². The predicted molar refractivity (Wildman–Crippen MR) is 74.1 cm³/mol. The van der Waals surface area contributed by atoms with Crippen molar-refractivity contribution in [3.63, 3.8) is 0 Å². The van der Waals surface area contributed by atoms with Gasteiger partial charge in [-0.25, -0.2) is 9.52 Å². The Labute approximate surface area is 120 Å². The fourth-order valence-corrected chi connectivity index (χ4v) is 4.19. The quantitative estimate of drug-likeness (QED) is 0.787. The summed E-state index contributed by atoms with van der Waals surface area (Å²) in [7, 11) is -3.81. The van der Waals surface area contributed by atoms with E-state index in [0.29, 0.717) is 24.9 Å². The van der Waals surface area contributed by atoms with Crippen LogP contribution in [0.25, 0.3) is 0 Å². The Morgan fingerprint density at radius 1 is 1.30 bits per heavy atom. The minimum Gasteiger partial charge on any atom is -0.446 e. The van der Waals surface area contributed by atoms with E-state index in [1.54, 1.807) is 13.8 Å². The van der Waals surface area contributed by atoms with E-state index in [1.165, 1.54) is 4.31 Å². The normalized spacial score (nSPS) is 31.1. The van der Waals surface area contributed by atoms with E-state index >= 15 is 0 Å². The van der Waals surface area contributed by atoms with Gasteiger partial charge in [-0.15, -0.1) is 0 Å². The lowest BCUT2D eigenvalue weighted by molar-refractivity contribution is 0.121. The second kappa shape index (κ2) is 5.87. The highest BCUT2D eigenvalue weighted by atomic mass is 32.2. The molecule has 20 heavy (non-hydrogen) atoms.